The summed E-state index contributed by atoms with van der Waals surface area (Å²) in [5, 5.41) is 57.2. The van der Waals surface area contributed by atoms with E-state index in [0.717, 1.165) is 109 Å². The molecule has 0 saturated carbocycles. The van der Waals surface area contributed by atoms with E-state index in [1.807, 2.05) is 6.08 Å². The molecule has 0 aromatic carbocycles. The molecule has 498 valence electrons. The Bertz CT molecular complexity index is 1720. The van der Waals surface area contributed by atoms with Crippen LogP contribution in [-0.2, 0) is 23.8 Å². The van der Waals surface area contributed by atoms with Crippen molar-refractivity contribution >= 4 is 11.9 Å². The van der Waals surface area contributed by atoms with Crippen LogP contribution in [0.2, 0.25) is 0 Å². The molecular weight excluding hydrogens is 1070 g/mol. The average molecular weight is 1210 g/mol. The predicted molar refractivity (Wildman–Crippen MR) is 361 cm³/mol. The Hall–Kier alpha value is -3.16. The second-order valence-corrected chi connectivity index (χ2v) is 24.6. The number of aliphatic hydroxyl groups is 5. The Morgan fingerprint density at radius 1 is 0.465 bits per heavy atom. The quantitative estimate of drug-likeness (QED) is 0.0195. The molecule has 1 fully saturated rings. The number of amides is 1. The number of esters is 1. The zero-order valence-corrected chi connectivity index (χ0v) is 55.4. The first-order valence-electron chi connectivity index (χ1n) is 35.9. The van der Waals surface area contributed by atoms with Crippen LogP contribution < -0.4 is 5.32 Å². The summed E-state index contributed by atoms with van der Waals surface area (Å²) >= 11 is 0. The van der Waals surface area contributed by atoms with Gasteiger partial charge in [0.2, 0.25) is 5.91 Å². The summed E-state index contributed by atoms with van der Waals surface area (Å²) in [7, 11) is 0. The molecule has 11 heteroatoms. The summed E-state index contributed by atoms with van der Waals surface area (Å²) in [5.41, 5.74) is 0. The second-order valence-electron chi connectivity index (χ2n) is 24.6. The van der Waals surface area contributed by atoms with Crippen molar-refractivity contribution in [2.24, 2.45) is 0 Å². The Morgan fingerprint density at radius 2 is 0.837 bits per heavy atom. The van der Waals surface area contributed by atoms with E-state index in [9.17, 15) is 35.1 Å². The molecule has 6 N–H and O–H groups in total. The number of unbranched alkanes of at least 4 members (excludes halogenated alkanes) is 35. The van der Waals surface area contributed by atoms with E-state index in [4.69, 9.17) is 14.2 Å². The van der Waals surface area contributed by atoms with E-state index in [2.05, 4.69) is 99.0 Å². The minimum atomic E-state index is -1.62. The number of ether oxygens (including phenoxy) is 3. The Kier molecular flexibility index (Phi) is 58.3. The van der Waals surface area contributed by atoms with Crippen LogP contribution >= 0.6 is 0 Å². The van der Waals surface area contributed by atoms with Crippen molar-refractivity contribution < 1.29 is 49.3 Å². The van der Waals surface area contributed by atoms with Gasteiger partial charge in [-0.3, -0.25) is 9.59 Å². The normalized spacial score (nSPS) is 18.8. The third-order valence-electron chi connectivity index (χ3n) is 16.5. The molecule has 86 heavy (non-hydrogen) atoms. The Morgan fingerprint density at radius 3 is 1.27 bits per heavy atom. The van der Waals surface area contributed by atoms with Crippen LogP contribution in [0.3, 0.4) is 0 Å². The molecule has 0 aromatic heterocycles. The molecule has 1 heterocycles. The topological polar surface area (TPSA) is 175 Å². The fraction of sp³-hybridized carbons (Fsp3) is 0.787. The zero-order valence-electron chi connectivity index (χ0n) is 55.4. The highest BCUT2D eigenvalue weighted by atomic mass is 16.7. The van der Waals surface area contributed by atoms with Crippen LogP contribution in [0.5, 0.6) is 0 Å². The van der Waals surface area contributed by atoms with Crippen molar-refractivity contribution in [3.05, 3.63) is 85.1 Å². The highest BCUT2D eigenvalue weighted by Crippen LogP contribution is 2.26. The fourth-order valence-electron chi connectivity index (χ4n) is 10.9. The number of allylic oxidation sites excluding steroid dienone is 13. The predicted octanol–water partition coefficient (Wildman–Crippen LogP) is 18.5. The first kappa shape index (κ1) is 80.9. The lowest BCUT2D eigenvalue weighted by molar-refractivity contribution is -0.305. The van der Waals surface area contributed by atoms with Gasteiger partial charge in [0, 0.05) is 6.42 Å². The van der Waals surface area contributed by atoms with Gasteiger partial charge in [-0.15, -0.1) is 0 Å². The SMILES string of the molecule is CC/C=C\C/C=C\C/C=C\C/C=C\C/C=C\CCCCCCCCC(O)C(=O)NC(COC1OC(CO)C(O)C(O)C1OC(=O)CCCCCCCCCCCCCCC/C=C/CCCCCCCC)C(O)/C=C/CCCCCCCCCCCC. The first-order valence-corrected chi connectivity index (χ1v) is 35.9. The summed E-state index contributed by atoms with van der Waals surface area (Å²) in [5.74, 6) is -1.20. The lowest BCUT2D eigenvalue weighted by Gasteiger charge is -2.41. The number of carbonyl (C=O) groups excluding carboxylic acids is 2. The largest absolute Gasteiger partial charge is 0.454 e. The van der Waals surface area contributed by atoms with Crippen molar-refractivity contribution in [2.75, 3.05) is 13.2 Å². The van der Waals surface area contributed by atoms with Gasteiger partial charge in [0.05, 0.1) is 25.4 Å². The Labute approximate surface area is 527 Å². The minimum absolute atomic E-state index is 0.121. The van der Waals surface area contributed by atoms with E-state index in [1.165, 1.54) is 161 Å². The number of hydrogen-bond acceptors (Lipinski definition) is 10. The molecule has 0 aliphatic carbocycles. The summed E-state index contributed by atoms with van der Waals surface area (Å²) in [6, 6.07) is -1.03. The maximum absolute atomic E-state index is 13.5. The molecular formula is C75H133NO10. The molecule has 8 atom stereocenters. The molecule has 0 aromatic rings. The van der Waals surface area contributed by atoms with Crippen molar-refractivity contribution in [1.82, 2.24) is 5.32 Å². The zero-order chi connectivity index (χ0) is 62.4. The second kappa shape index (κ2) is 62.1. The van der Waals surface area contributed by atoms with Gasteiger partial charge in [-0.25, -0.2) is 0 Å². The lowest BCUT2D eigenvalue weighted by atomic mass is 9.99. The van der Waals surface area contributed by atoms with Crippen LogP contribution in [0.15, 0.2) is 85.1 Å². The third kappa shape index (κ3) is 48.7. The van der Waals surface area contributed by atoms with Gasteiger partial charge >= 0.3 is 5.97 Å². The van der Waals surface area contributed by atoms with Gasteiger partial charge in [0.1, 0.15) is 24.4 Å². The lowest BCUT2D eigenvalue weighted by Crippen LogP contribution is -2.61. The molecule has 0 spiro atoms. The van der Waals surface area contributed by atoms with Crippen molar-refractivity contribution in [2.45, 2.75) is 365 Å². The van der Waals surface area contributed by atoms with E-state index in [0.29, 0.717) is 12.8 Å². The summed E-state index contributed by atoms with van der Waals surface area (Å²) in [6.45, 7) is 5.70. The van der Waals surface area contributed by atoms with Gasteiger partial charge in [0.15, 0.2) is 12.4 Å². The van der Waals surface area contributed by atoms with E-state index >= 15 is 0 Å². The summed E-state index contributed by atoms with van der Waals surface area (Å²) in [4.78, 5) is 26.7. The molecule has 0 radical (unpaired) electrons. The van der Waals surface area contributed by atoms with Gasteiger partial charge < -0.3 is 45.1 Å². The van der Waals surface area contributed by atoms with Gasteiger partial charge in [0.25, 0.3) is 0 Å². The van der Waals surface area contributed by atoms with Crippen LogP contribution in [0.25, 0.3) is 0 Å². The number of nitrogens with one attached hydrogen (secondary N) is 1. The monoisotopic (exact) mass is 1210 g/mol. The standard InChI is InChI=1S/C75H133NO10/c1-4-7-10-13-16-19-22-25-27-29-31-33-35-37-39-41-43-45-48-51-54-57-60-63-70(80)86-73-72(82)71(81)69(64-77)85-75(73)84-65-66(67(78)61-58-55-52-49-46-24-21-18-15-12-9-6-3)76-74(83)68(79)62-59-56-53-50-47-44-42-40-38-36-34-32-30-28-26-23-20-17-14-11-8-5-2/h8,11,17,20,25-28,32,34,38,40,58,61,66-69,71-73,75,77-79,81-82H,4-7,9-10,12-16,18-19,21-24,29-31,33,35-37,39,41-57,59-60,62-65H2,1-3H3,(H,76,83)/b11-8-,20-17-,27-25+,28-26-,34-32-,40-38-,61-58+. The van der Waals surface area contributed by atoms with Gasteiger partial charge in [-0.2, -0.15) is 0 Å². The molecule has 1 saturated heterocycles. The first-order chi connectivity index (χ1) is 42.2. The maximum Gasteiger partial charge on any atom is 0.306 e. The van der Waals surface area contributed by atoms with Crippen molar-refractivity contribution in [1.29, 1.82) is 0 Å². The third-order valence-corrected chi connectivity index (χ3v) is 16.5. The number of carbonyl (C=O) groups is 2. The number of aliphatic hydroxyl groups excluding tert-OH is 5. The number of rotatable bonds is 61. The van der Waals surface area contributed by atoms with Gasteiger partial charge in [-0.1, -0.05) is 298 Å². The van der Waals surface area contributed by atoms with Crippen molar-refractivity contribution in [3.63, 3.8) is 0 Å². The molecule has 11 nitrogen and oxygen atoms in total. The van der Waals surface area contributed by atoms with E-state index < -0.39 is 67.4 Å². The molecule has 1 aliphatic heterocycles. The summed E-state index contributed by atoms with van der Waals surface area (Å²) < 4.78 is 17.7. The molecule has 1 amide bonds. The minimum Gasteiger partial charge on any atom is -0.454 e. The molecule has 1 aliphatic rings. The summed E-state index contributed by atoms with van der Waals surface area (Å²) in [6.07, 6.45) is 71.9. The smallest absolute Gasteiger partial charge is 0.306 e. The maximum atomic E-state index is 13.5. The van der Waals surface area contributed by atoms with Gasteiger partial charge in [-0.05, 0) is 96.3 Å². The molecule has 1 rings (SSSR count). The number of hydrogen-bond donors (Lipinski definition) is 6. The Balaban J connectivity index is 2.58. The highest BCUT2D eigenvalue weighted by molar-refractivity contribution is 5.80. The molecule has 0 bridgehead atoms. The van der Waals surface area contributed by atoms with E-state index in [1.54, 1.807) is 6.08 Å². The van der Waals surface area contributed by atoms with E-state index in [-0.39, 0.29) is 19.4 Å². The van der Waals surface area contributed by atoms with Crippen LogP contribution in [0, 0.1) is 0 Å². The van der Waals surface area contributed by atoms with Crippen LogP contribution in [0.4, 0.5) is 0 Å². The van der Waals surface area contributed by atoms with Crippen LogP contribution in [-0.4, -0.2) is 99.6 Å². The average Bonchev–Trinajstić information content (AvgIpc) is 3.59. The molecule has 8 unspecified atom stereocenters. The highest BCUT2D eigenvalue weighted by Gasteiger charge is 2.47. The van der Waals surface area contributed by atoms with Crippen molar-refractivity contribution in [3.8, 4) is 0 Å². The fourth-order valence-corrected chi connectivity index (χ4v) is 10.9. The van der Waals surface area contributed by atoms with Crippen LogP contribution in [0.1, 0.15) is 316 Å².